The first-order chi connectivity index (χ1) is 10.1. The Kier molecular flexibility index (Phi) is 3.83. The number of rotatable bonds is 2. The van der Waals surface area contributed by atoms with Crippen LogP contribution in [0.15, 0.2) is 36.4 Å². The maximum atomic E-state index is 10.9. The van der Waals surface area contributed by atoms with Crippen molar-refractivity contribution < 1.29 is 9.84 Å². The molecule has 2 unspecified atom stereocenters. The molecule has 0 fully saturated rings. The summed E-state index contributed by atoms with van der Waals surface area (Å²) in [5.41, 5.74) is 6.97. The molecule has 2 heteroatoms. The van der Waals surface area contributed by atoms with Crippen molar-refractivity contribution >= 4 is 0 Å². The average molecular weight is 282 g/mol. The first-order valence-electron chi connectivity index (χ1n) is 7.53. The molecule has 0 aromatic heterocycles. The maximum absolute atomic E-state index is 10.9. The molecule has 1 N–H and O–H groups in total. The van der Waals surface area contributed by atoms with Crippen LogP contribution in [0, 0.1) is 20.8 Å². The van der Waals surface area contributed by atoms with Crippen LogP contribution in [-0.2, 0) is 11.2 Å². The summed E-state index contributed by atoms with van der Waals surface area (Å²) in [6.45, 7) is 6.91. The van der Waals surface area contributed by atoms with E-state index in [1.807, 2.05) is 6.07 Å². The van der Waals surface area contributed by atoms with E-state index in [4.69, 9.17) is 4.74 Å². The van der Waals surface area contributed by atoms with Crippen LogP contribution in [0.4, 0.5) is 0 Å². The molecule has 0 bridgehead atoms. The fourth-order valence-corrected chi connectivity index (χ4v) is 3.15. The van der Waals surface area contributed by atoms with Crippen molar-refractivity contribution in [1.82, 2.24) is 0 Å². The Morgan fingerprint density at radius 1 is 1.05 bits per heavy atom. The van der Waals surface area contributed by atoms with Crippen LogP contribution in [0.25, 0.3) is 0 Å². The quantitative estimate of drug-likeness (QED) is 0.903. The molecule has 21 heavy (non-hydrogen) atoms. The summed E-state index contributed by atoms with van der Waals surface area (Å²) in [5, 5.41) is 10.9. The standard InChI is InChI=1S/C19H22O2/c1-12-10-14(3)17(11-13(12)2)18(20)19-16-7-5-4-6-15(16)8-9-21-19/h4-7,10-11,18-20H,8-9H2,1-3H3. The third-order valence-electron chi connectivity index (χ3n) is 4.52. The molecular weight excluding hydrogens is 260 g/mol. The Balaban J connectivity index is 2.00. The third kappa shape index (κ3) is 2.61. The number of aliphatic hydroxyl groups excluding tert-OH is 1. The predicted octanol–water partition coefficient (Wildman–Crippen LogP) is 3.96. The number of hydrogen-bond donors (Lipinski definition) is 1. The Bertz CT molecular complexity index is 661. The topological polar surface area (TPSA) is 29.5 Å². The molecule has 3 rings (SSSR count). The highest BCUT2D eigenvalue weighted by molar-refractivity contribution is 5.40. The highest BCUT2D eigenvalue weighted by Crippen LogP contribution is 2.38. The highest BCUT2D eigenvalue weighted by Gasteiger charge is 2.29. The maximum Gasteiger partial charge on any atom is 0.113 e. The predicted molar refractivity (Wildman–Crippen MR) is 84.5 cm³/mol. The minimum Gasteiger partial charge on any atom is -0.385 e. The lowest BCUT2D eigenvalue weighted by Gasteiger charge is -2.31. The number of benzene rings is 2. The summed E-state index contributed by atoms with van der Waals surface area (Å²) in [6, 6.07) is 12.5. The lowest BCUT2D eigenvalue weighted by atomic mass is 9.88. The highest BCUT2D eigenvalue weighted by atomic mass is 16.5. The number of hydrogen-bond acceptors (Lipinski definition) is 2. The smallest absolute Gasteiger partial charge is 0.113 e. The van der Waals surface area contributed by atoms with Crippen LogP contribution >= 0.6 is 0 Å². The zero-order valence-electron chi connectivity index (χ0n) is 12.9. The first kappa shape index (κ1) is 14.3. The van der Waals surface area contributed by atoms with Crippen molar-refractivity contribution in [3.63, 3.8) is 0 Å². The van der Waals surface area contributed by atoms with Crippen molar-refractivity contribution in [3.05, 3.63) is 69.8 Å². The molecule has 0 spiro atoms. The number of ether oxygens (including phenoxy) is 1. The molecule has 110 valence electrons. The Morgan fingerprint density at radius 3 is 2.57 bits per heavy atom. The first-order valence-corrected chi connectivity index (χ1v) is 7.53. The largest absolute Gasteiger partial charge is 0.385 e. The molecule has 0 radical (unpaired) electrons. The van der Waals surface area contributed by atoms with E-state index in [2.05, 4.69) is 51.1 Å². The van der Waals surface area contributed by atoms with Crippen LogP contribution in [0.1, 0.15) is 45.6 Å². The SMILES string of the molecule is Cc1cc(C)c(C(O)C2OCCc3ccccc32)cc1C. The second kappa shape index (κ2) is 5.63. The van der Waals surface area contributed by atoms with Gasteiger partial charge in [-0.2, -0.15) is 0 Å². The number of aryl methyl sites for hydroxylation is 3. The number of aliphatic hydroxyl groups is 1. The molecule has 2 aromatic carbocycles. The Hall–Kier alpha value is -1.64. The molecule has 2 aromatic rings. The van der Waals surface area contributed by atoms with Gasteiger partial charge in [-0.05, 0) is 60.6 Å². The van der Waals surface area contributed by atoms with Gasteiger partial charge < -0.3 is 9.84 Å². The van der Waals surface area contributed by atoms with E-state index >= 15 is 0 Å². The van der Waals surface area contributed by atoms with Gasteiger partial charge in [-0.15, -0.1) is 0 Å². The summed E-state index contributed by atoms with van der Waals surface area (Å²) < 4.78 is 5.90. The fraction of sp³-hybridized carbons (Fsp3) is 0.368. The van der Waals surface area contributed by atoms with Gasteiger partial charge in [0.05, 0.1) is 6.61 Å². The Labute approximate surface area is 126 Å². The van der Waals surface area contributed by atoms with Gasteiger partial charge in [0.25, 0.3) is 0 Å². The normalized spacial score (nSPS) is 19.1. The van der Waals surface area contributed by atoms with Crippen molar-refractivity contribution in [2.24, 2.45) is 0 Å². The van der Waals surface area contributed by atoms with Gasteiger partial charge in [-0.3, -0.25) is 0 Å². The zero-order chi connectivity index (χ0) is 15.0. The minimum atomic E-state index is -0.620. The van der Waals surface area contributed by atoms with Gasteiger partial charge in [0.1, 0.15) is 12.2 Å². The van der Waals surface area contributed by atoms with Crippen LogP contribution in [-0.4, -0.2) is 11.7 Å². The van der Waals surface area contributed by atoms with E-state index in [-0.39, 0.29) is 6.10 Å². The summed E-state index contributed by atoms with van der Waals surface area (Å²) in [6.07, 6.45) is 0.0344. The molecule has 0 saturated heterocycles. The van der Waals surface area contributed by atoms with E-state index in [0.717, 1.165) is 23.1 Å². The lowest BCUT2D eigenvalue weighted by molar-refractivity contribution is -0.0485. The molecule has 2 atom stereocenters. The van der Waals surface area contributed by atoms with Crippen LogP contribution < -0.4 is 0 Å². The van der Waals surface area contributed by atoms with E-state index in [1.165, 1.54) is 16.7 Å². The van der Waals surface area contributed by atoms with E-state index in [0.29, 0.717) is 6.61 Å². The van der Waals surface area contributed by atoms with Gasteiger partial charge in [0.15, 0.2) is 0 Å². The van der Waals surface area contributed by atoms with Crippen LogP contribution in [0.2, 0.25) is 0 Å². The van der Waals surface area contributed by atoms with Crippen LogP contribution in [0.3, 0.4) is 0 Å². The second-order valence-corrected chi connectivity index (χ2v) is 5.98. The molecule has 0 amide bonds. The lowest BCUT2D eigenvalue weighted by Crippen LogP contribution is -2.22. The fourth-order valence-electron chi connectivity index (χ4n) is 3.15. The zero-order valence-corrected chi connectivity index (χ0v) is 12.9. The molecular formula is C19H22O2. The summed E-state index contributed by atoms with van der Waals surface area (Å²) in [5.74, 6) is 0. The van der Waals surface area contributed by atoms with Crippen molar-refractivity contribution in [3.8, 4) is 0 Å². The molecule has 1 aliphatic heterocycles. The molecule has 1 aliphatic rings. The van der Waals surface area contributed by atoms with Gasteiger partial charge in [0, 0.05) is 0 Å². The van der Waals surface area contributed by atoms with E-state index in [9.17, 15) is 5.11 Å². The average Bonchev–Trinajstić information content (AvgIpc) is 2.49. The molecule has 2 nitrogen and oxygen atoms in total. The van der Waals surface area contributed by atoms with Gasteiger partial charge in [-0.1, -0.05) is 36.4 Å². The van der Waals surface area contributed by atoms with Crippen LogP contribution in [0.5, 0.6) is 0 Å². The Morgan fingerprint density at radius 2 is 1.76 bits per heavy atom. The molecule has 1 heterocycles. The van der Waals surface area contributed by atoms with Crippen molar-refractivity contribution in [2.45, 2.75) is 39.4 Å². The second-order valence-electron chi connectivity index (χ2n) is 5.98. The number of fused-ring (bicyclic) bond motifs is 1. The summed E-state index contributed by atoms with van der Waals surface area (Å²) in [7, 11) is 0. The summed E-state index contributed by atoms with van der Waals surface area (Å²) in [4.78, 5) is 0. The minimum absolute atomic E-state index is 0.268. The third-order valence-corrected chi connectivity index (χ3v) is 4.52. The van der Waals surface area contributed by atoms with Gasteiger partial charge in [-0.25, -0.2) is 0 Å². The van der Waals surface area contributed by atoms with E-state index in [1.54, 1.807) is 0 Å². The summed E-state index contributed by atoms with van der Waals surface area (Å²) >= 11 is 0. The van der Waals surface area contributed by atoms with E-state index < -0.39 is 6.10 Å². The van der Waals surface area contributed by atoms with Crippen molar-refractivity contribution in [2.75, 3.05) is 6.61 Å². The monoisotopic (exact) mass is 282 g/mol. The molecule has 0 aliphatic carbocycles. The van der Waals surface area contributed by atoms with Crippen molar-refractivity contribution in [1.29, 1.82) is 0 Å². The van der Waals surface area contributed by atoms with Gasteiger partial charge in [0.2, 0.25) is 0 Å². The molecule has 0 saturated carbocycles. The van der Waals surface area contributed by atoms with Gasteiger partial charge >= 0.3 is 0 Å².